The highest BCUT2D eigenvalue weighted by Crippen LogP contribution is 2.30. The lowest BCUT2D eigenvalue weighted by molar-refractivity contribution is 0.687. The molecule has 1 aliphatic rings. The topological polar surface area (TPSA) is 29.9 Å². The number of rotatable bonds is 4. The van der Waals surface area contributed by atoms with Gasteiger partial charge in [0.15, 0.2) is 0 Å². The minimum atomic E-state index is 0.743. The summed E-state index contributed by atoms with van der Waals surface area (Å²) < 4.78 is 1.92. The van der Waals surface area contributed by atoms with Gasteiger partial charge in [-0.05, 0) is 36.8 Å². The highest BCUT2D eigenvalue weighted by Gasteiger charge is 2.21. The van der Waals surface area contributed by atoms with Crippen molar-refractivity contribution < 1.29 is 0 Å². The van der Waals surface area contributed by atoms with Crippen molar-refractivity contribution in [2.45, 2.75) is 32.4 Å². The van der Waals surface area contributed by atoms with Gasteiger partial charge in [0, 0.05) is 31.4 Å². The summed E-state index contributed by atoms with van der Waals surface area (Å²) >= 11 is 1.78. The highest BCUT2D eigenvalue weighted by atomic mass is 32.1. The molecule has 2 aromatic heterocycles. The van der Waals surface area contributed by atoms with Crippen molar-refractivity contribution in [3.8, 4) is 10.6 Å². The molecular formula is C13H17N3S. The molecule has 0 unspecified atom stereocenters. The summed E-state index contributed by atoms with van der Waals surface area (Å²) in [4.78, 5) is 1.30. The van der Waals surface area contributed by atoms with Crippen LogP contribution in [-0.2, 0) is 13.6 Å². The van der Waals surface area contributed by atoms with E-state index in [1.54, 1.807) is 11.3 Å². The van der Waals surface area contributed by atoms with Crippen LogP contribution in [-0.4, -0.2) is 15.8 Å². The molecule has 0 aromatic carbocycles. The molecular weight excluding hydrogens is 230 g/mol. The van der Waals surface area contributed by atoms with Gasteiger partial charge >= 0.3 is 0 Å². The number of hydrogen-bond acceptors (Lipinski definition) is 3. The summed E-state index contributed by atoms with van der Waals surface area (Å²) in [7, 11) is 1.99. The highest BCUT2D eigenvalue weighted by molar-refractivity contribution is 7.13. The maximum Gasteiger partial charge on any atom is 0.107 e. The summed E-state index contributed by atoms with van der Waals surface area (Å²) in [6.07, 6.45) is 4.78. The van der Waals surface area contributed by atoms with Crippen molar-refractivity contribution in [3.63, 3.8) is 0 Å². The Balaban J connectivity index is 1.89. The van der Waals surface area contributed by atoms with Crippen LogP contribution in [0.1, 0.15) is 24.0 Å². The second-order valence-electron chi connectivity index (χ2n) is 4.76. The number of nitrogens with one attached hydrogen (secondary N) is 1. The molecule has 0 aliphatic heterocycles. The maximum atomic E-state index is 4.60. The third-order valence-corrected chi connectivity index (χ3v) is 4.16. The molecule has 2 aromatic rings. The van der Waals surface area contributed by atoms with Gasteiger partial charge in [0.05, 0.1) is 4.88 Å². The molecule has 0 bridgehead atoms. The Morgan fingerprint density at radius 3 is 3.00 bits per heavy atom. The third-order valence-electron chi connectivity index (χ3n) is 3.14. The molecule has 0 amide bonds. The molecule has 1 saturated carbocycles. The molecule has 1 fully saturated rings. The fraction of sp³-hybridized carbons (Fsp3) is 0.462. The predicted molar refractivity (Wildman–Crippen MR) is 71.1 cm³/mol. The van der Waals surface area contributed by atoms with Crippen LogP contribution < -0.4 is 5.32 Å². The lowest BCUT2D eigenvalue weighted by Gasteiger charge is -2.02. The van der Waals surface area contributed by atoms with Crippen LogP contribution in [0.25, 0.3) is 10.6 Å². The average Bonchev–Trinajstić information content (AvgIpc) is 2.93. The lowest BCUT2D eigenvalue weighted by atomic mass is 10.1. The van der Waals surface area contributed by atoms with Crippen LogP contribution in [0.15, 0.2) is 17.6 Å². The van der Waals surface area contributed by atoms with Gasteiger partial charge in [0.25, 0.3) is 0 Å². The zero-order valence-corrected chi connectivity index (χ0v) is 11.0. The van der Waals surface area contributed by atoms with Crippen LogP contribution in [0.3, 0.4) is 0 Å². The van der Waals surface area contributed by atoms with Gasteiger partial charge in [-0.25, -0.2) is 0 Å². The number of aromatic nitrogens is 2. The minimum Gasteiger partial charge on any atom is -0.310 e. The summed E-state index contributed by atoms with van der Waals surface area (Å²) in [6, 6.07) is 2.90. The summed E-state index contributed by atoms with van der Waals surface area (Å²) in [5.41, 5.74) is 3.78. The van der Waals surface area contributed by atoms with E-state index >= 15 is 0 Å². The number of aryl methyl sites for hydroxylation is 2. The maximum absolute atomic E-state index is 4.60. The molecule has 3 nitrogen and oxygen atoms in total. The van der Waals surface area contributed by atoms with E-state index in [4.69, 9.17) is 0 Å². The van der Waals surface area contributed by atoms with Gasteiger partial charge in [-0.2, -0.15) is 5.10 Å². The average molecular weight is 247 g/mol. The largest absolute Gasteiger partial charge is 0.310 e. The summed E-state index contributed by atoms with van der Waals surface area (Å²) in [6.45, 7) is 3.09. The normalized spacial score (nSPS) is 15.4. The van der Waals surface area contributed by atoms with Crippen molar-refractivity contribution in [2.75, 3.05) is 0 Å². The lowest BCUT2D eigenvalue weighted by Crippen LogP contribution is -2.15. The zero-order chi connectivity index (χ0) is 11.8. The number of nitrogens with zero attached hydrogens (tertiary/aromatic N) is 2. The fourth-order valence-corrected chi connectivity index (χ4v) is 2.96. The van der Waals surface area contributed by atoms with Gasteiger partial charge < -0.3 is 5.32 Å². The van der Waals surface area contributed by atoms with Crippen LogP contribution in [0.4, 0.5) is 0 Å². The smallest absolute Gasteiger partial charge is 0.107 e. The molecule has 4 heteroatoms. The van der Waals surface area contributed by atoms with Gasteiger partial charge in [-0.3, -0.25) is 4.68 Å². The van der Waals surface area contributed by atoms with E-state index < -0.39 is 0 Å². The van der Waals surface area contributed by atoms with Crippen molar-refractivity contribution >= 4 is 11.3 Å². The van der Waals surface area contributed by atoms with E-state index in [-0.39, 0.29) is 0 Å². The van der Waals surface area contributed by atoms with E-state index in [9.17, 15) is 0 Å². The molecule has 1 N–H and O–H groups in total. The van der Waals surface area contributed by atoms with Crippen LogP contribution in [0, 0.1) is 6.92 Å². The van der Waals surface area contributed by atoms with E-state index in [1.165, 1.54) is 28.8 Å². The molecule has 2 heterocycles. The predicted octanol–water partition coefficient (Wildman–Crippen LogP) is 2.71. The van der Waals surface area contributed by atoms with Crippen molar-refractivity contribution in [1.82, 2.24) is 15.1 Å². The zero-order valence-electron chi connectivity index (χ0n) is 10.2. The second-order valence-corrected chi connectivity index (χ2v) is 5.68. The van der Waals surface area contributed by atoms with E-state index in [2.05, 4.69) is 35.0 Å². The van der Waals surface area contributed by atoms with Gasteiger partial charge in [-0.15, -0.1) is 11.3 Å². The van der Waals surface area contributed by atoms with Crippen LogP contribution >= 0.6 is 11.3 Å². The molecule has 0 spiro atoms. The Bertz CT molecular complexity index is 523. The van der Waals surface area contributed by atoms with Gasteiger partial charge in [0.2, 0.25) is 0 Å². The Morgan fingerprint density at radius 1 is 1.53 bits per heavy atom. The first kappa shape index (κ1) is 11.0. The minimum absolute atomic E-state index is 0.743. The molecule has 0 radical (unpaired) electrons. The van der Waals surface area contributed by atoms with Crippen LogP contribution in [0.2, 0.25) is 0 Å². The molecule has 90 valence electrons. The molecule has 17 heavy (non-hydrogen) atoms. The van der Waals surface area contributed by atoms with Crippen molar-refractivity contribution in [2.24, 2.45) is 7.05 Å². The Kier molecular flexibility index (Phi) is 2.76. The molecule has 0 saturated heterocycles. The van der Waals surface area contributed by atoms with Crippen molar-refractivity contribution in [3.05, 3.63) is 28.8 Å². The quantitative estimate of drug-likeness (QED) is 0.900. The molecule has 3 rings (SSSR count). The summed E-state index contributed by atoms with van der Waals surface area (Å²) in [5, 5.41) is 10.3. The monoisotopic (exact) mass is 247 g/mol. The molecule has 0 atom stereocenters. The first-order valence-corrected chi connectivity index (χ1v) is 6.92. The third kappa shape index (κ3) is 2.28. The first-order valence-electron chi connectivity index (χ1n) is 6.04. The van der Waals surface area contributed by atoms with Crippen molar-refractivity contribution in [1.29, 1.82) is 0 Å². The SMILES string of the molecule is Cc1ccsc1-c1nn(C)cc1CNC1CC1. The Labute approximate surface area is 105 Å². The number of hydrogen-bond donors (Lipinski definition) is 1. The second kappa shape index (κ2) is 4.27. The fourth-order valence-electron chi connectivity index (χ4n) is 2.02. The standard InChI is InChI=1S/C13H17N3S/c1-9-5-6-17-13(9)12-10(8-16(2)15-12)7-14-11-3-4-11/h5-6,8,11,14H,3-4,7H2,1-2H3. The first-order chi connectivity index (χ1) is 8.24. The summed E-state index contributed by atoms with van der Waals surface area (Å²) in [5.74, 6) is 0. The van der Waals surface area contributed by atoms with E-state index in [1.807, 2.05) is 11.7 Å². The van der Waals surface area contributed by atoms with E-state index in [0.717, 1.165) is 18.3 Å². The molecule has 1 aliphatic carbocycles. The van der Waals surface area contributed by atoms with Gasteiger partial charge in [0.1, 0.15) is 5.69 Å². The van der Waals surface area contributed by atoms with E-state index in [0.29, 0.717) is 0 Å². The Hall–Kier alpha value is -1.13. The number of thiophene rings is 1. The van der Waals surface area contributed by atoms with Gasteiger partial charge in [-0.1, -0.05) is 0 Å². The Morgan fingerprint density at radius 2 is 2.35 bits per heavy atom. The van der Waals surface area contributed by atoms with Crippen LogP contribution in [0.5, 0.6) is 0 Å².